The fraction of sp³-hybridized carbons (Fsp3) is 0.143. The van der Waals surface area contributed by atoms with Gasteiger partial charge in [-0.15, -0.1) is 0 Å². The van der Waals surface area contributed by atoms with Crippen LogP contribution in [0.2, 0.25) is 0 Å². The largest absolute Gasteiger partial charge is 0.489 e. The van der Waals surface area contributed by atoms with E-state index >= 15 is 0 Å². The van der Waals surface area contributed by atoms with E-state index in [-0.39, 0.29) is 0 Å². The van der Waals surface area contributed by atoms with Crippen molar-refractivity contribution >= 4 is 5.69 Å². The summed E-state index contributed by atoms with van der Waals surface area (Å²) in [7, 11) is 0. The molecule has 0 spiro atoms. The topological polar surface area (TPSA) is 33.3 Å². The van der Waals surface area contributed by atoms with Crippen LogP contribution in [0.15, 0.2) is 78.9 Å². The van der Waals surface area contributed by atoms with Gasteiger partial charge in [0.25, 0.3) is 0 Å². The average molecular weight is 318 g/mol. The molecular weight excluding hydrogens is 296 g/mol. The molecule has 3 aromatic carbocycles. The Kier molecular flexibility index (Phi) is 5.48. The molecule has 2 N–H and O–H groups in total. The lowest BCUT2D eigenvalue weighted by atomic mass is 10.1. The van der Waals surface area contributed by atoms with Gasteiger partial charge in [-0.3, -0.25) is 0 Å². The fourth-order valence-corrected chi connectivity index (χ4v) is 2.45. The zero-order valence-corrected chi connectivity index (χ0v) is 13.8. The van der Waals surface area contributed by atoms with Gasteiger partial charge in [-0.25, -0.2) is 5.43 Å². The van der Waals surface area contributed by atoms with Crippen LogP contribution >= 0.6 is 0 Å². The molecule has 0 heterocycles. The van der Waals surface area contributed by atoms with Gasteiger partial charge in [-0.05, 0) is 47.9 Å². The molecule has 0 unspecified atom stereocenters. The third-order valence-electron chi connectivity index (χ3n) is 3.85. The predicted octanol–water partition coefficient (Wildman–Crippen LogP) is 4.69. The first kappa shape index (κ1) is 16.1. The van der Waals surface area contributed by atoms with Gasteiger partial charge in [0.2, 0.25) is 0 Å². The second-order valence-corrected chi connectivity index (χ2v) is 5.71. The van der Waals surface area contributed by atoms with Crippen molar-refractivity contribution in [2.75, 3.05) is 5.43 Å². The minimum Gasteiger partial charge on any atom is -0.489 e. The molecule has 3 nitrogen and oxygen atoms in total. The summed E-state index contributed by atoms with van der Waals surface area (Å²) >= 11 is 0. The molecule has 0 aliphatic rings. The normalized spacial score (nSPS) is 10.4. The molecular formula is C21H22N2O. The first-order valence-corrected chi connectivity index (χ1v) is 8.11. The van der Waals surface area contributed by atoms with Crippen LogP contribution in [-0.4, -0.2) is 0 Å². The van der Waals surface area contributed by atoms with Gasteiger partial charge in [0.15, 0.2) is 0 Å². The van der Waals surface area contributed by atoms with E-state index in [4.69, 9.17) is 4.74 Å². The summed E-state index contributed by atoms with van der Waals surface area (Å²) in [5.74, 6) is 0.886. The summed E-state index contributed by atoms with van der Waals surface area (Å²) in [5, 5.41) is 0. The Morgan fingerprint density at radius 3 is 2.46 bits per heavy atom. The van der Waals surface area contributed by atoms with Crippen LogP contribution < -0.4 is 15.6 Å². The van der Waals surface area contributed by atoms with E-state index in [9.17, 15) is 0 Å². The Hall–Kier alpha value is -2.78. The molecule has 3 aromatic rings. The van der Waals surface area contributed by atoms with Crippen LogP contribution in [0.1, 0.15) is 16.7 Å². The van der Waals surface area contributed by atoms with E-state index in [0.717, 1.165) is 18.0 Å². The number of hydrogen-bond donors (Lipinski definition) is 2. The molecule has 3 rings (SSSR count). The van der Waals surface area contributed by atoms with Crippen molar-refractivity contribution in [2.24, 2.45) is 0 Å². The van der Waals surface area contributed by atoms with Crippen molar-refractivity contribution in [2.45, 2.75) is 20.1 Å². The smallest absolute Gasteiger partial charge is 0.120 e. The maximum Gasteiger partial charge on any atom is 0.120 e. The molecule has 0 aliphatic heterocycles. The Morgan fingerprint density at radius 1 is 0.833 bits per heavy atom. The summed E-state index contributed by atoms with van der Waals surface area (Å²) in [6, 6.07) is 26.5. The third-order valence-corrected chi connectivity index (χ3v) is 3.85. The maximum absolute atomic E-state index is 5.93. The number of para-hydroxylation sites is 1. The molecule has 0 saturated heterocycles. The minimum atomic E-state index is 0.589. The molecule has 0 atom stereocenters. The van der Waals surface area contributed by atoms with Gasteiger partial charge in [0.05, 0.1) is 0 Å². The van der Waals surface area contributed by atoms with E-state index in [1.165, 1.54) is 16.7 Å². The standard InChI is InChI=1S/C21H22N2O/c1-17-8-5-6-10-19(17)16-24-21-13-7-9-18(14-21)15-22-23-20-11-3-2-4-12-20/h2-14,22-23H,15-16H2,1H3. The Balaban J connectivity index is 1.53. The molecule has 0 amide bonds. The maximum atomic E-state index is 5.93. The van der Waals surface area contributed by atoms with Crippen molar-refractivity contribution in [1.82, 2.24) is 5.43 Å². The van der Waals surface area contributed by atoms with E-state index in [2.05, 4.69) is 42.0 Å². The molecule has 3 heteroatoms. The molecule has 0 radical (unpaired) electrons. The van der Waals surface area contributed by atoms with Crippen molar-refractivity contribution < 1.29 is 4.74 Å². The first-order valence-electron chi connectivity index (χ1n) is 8.11. The summed E-state index contributed by atoms with van der Waals surface area (Å²) in [6.45, 7) is 3.41. The van der Waals surface area contributed by atoms with Gasteiger partial charge < -0.3 is 10.2 Å². The van der Waals surface area contributed by atoms with Crippen LogP contribution in [0.4, 0.5) is 5.69 Å². The van der Waals surface area contributed by atoms with E-state index in [1.807, 2.05) is 54.6 Å². The number of rotatable bonds is 7. The highest BCUT2D eigenvalue weighted by Crippen LogP contribution is 2.16. The van der Waals surface area contributed by atoms with Gasteiger partial charge in [0.1, 0.15) is 12.4 Å². The molecule has 0 bridgehead atoms. The summed E-state index contributed by atoms with van der Waals surface area (Å²) in [5.41, 5.74) is 11.1. The highest BCUT2D eigenvalue weighted by molar-refractivity contribution is 5.41. The van der Waals surface area contributed by atoms with Crippen LogP contribution in [-0.2, 0) is 13.2 Å². The number of benzene rings is 3. The number of hydrazine groups is 1. The van der Waals surface area contributed by atoms with Crippen LogP contribution in [0.5, 0.6) is 5.75 Å². The number of anilines is 1. The zero-order chi connectivity index (χ0) is 16.6. The lowest BCUT2D eigenvalue weighted by Gasteiger charge is -2.11. The average Bonchev–Trinajstić information content (AvgIpc) is 2.62. The first-order chi connectivity index (χ1) is 11.8. The number of nitrogens with one attached hydrogen (secondary N) is 2. The van der Waals surface area contributed by atoms with Crippen LogP contribution in [0.25, 0.3) is 0 Å². The molecule has 0 fully saturated rings. The fourth-order valence-electron chi connectivity index (χ4n) is 2.45. The van der Waals surface area contributed by atoms with Crippen molar-refractivity contribution in [1.29, 1.82) is 0 Å². The lowest BCUT2D eigenvalue weighted by molar-refractivity contribution is 0.305. The highest BCUT2D eigenvalue weighted by atomic mass is 16.5. The second kappa shape index (κ2) is 8.18. The predicted molar refractivity (Wildman–Crippen MR) is 98.9 cm³/mol. The number of ether oxygens (including phenoxy) is 1. The Bertz CT molecular complexity index is 772. The number of hydrogen-bond acceptors (Lipinski definition) is 3. The van der Waals surface area contributed by atoms with Crippen molar-refractivity contribution in [3.8, 4) is 5.75 Å². The van der Waals surface area contributed by atoms with E-state index in [0.29, 0.717) is 6.61 Å². The summed E-state index contributed by atoms with van der Waals surface area (Å²) in [6.07, 6.45) is 0. The van der Waals surface area contributed by atoms with Crippen molar-refractivity contribution in [3.05, 3.63) is 95.6 Å². The monoisotopic (exact) mass is 318 g/mol. The van der Waals surface area contributed by atoms with Crippen LogP contribution in [0.3, 0.4) is 0 Å². The third kappa shape index (κ3) is 4.61. The lowest BCUT2D eigenvalue weighted by Crippen LogP contribution is -2.20. The molecule has 24 heavy (non-hydrogen) atoms. The molecule has 0 aliphatic carbocycles. The van der Waals surface area contributed by atoms with E-state index in [1.54, 1.807) is 0 Å². The summed E-state index contributed by atoms with van der Waals surface area (Å²) < 4.78 is 5.93. The van der Waals surface area contributed by atoms with Gasteiger partial charge in [0, 0.05) is 12.2 Å². The quantitative estimate of drug-likeness (QED) is 0.620. The zero-order valence-electron chi connectivity index (χ0n) is 13.8. The van der Waals surface area contributed by atoms with E-state index < -0.39 is 0 Å². The molecule has 0 saturated carbocycles. The van der Waals surface area contributed by atoms with Crippen LogP contribution in [0, 0.1) is 6.92 Å². The summed E-state index contributed by atoms with van der Waals surface area (Å²) in [4.78, 5) is 0. The van der Waals surface area contributed by atoms with Gasteiger partial charge >= 0.3 is 0 Å². The Morgan fingerprint density at radius 2 is 1.62 bits per heavy atom. The minimum absolute atomic E-state index is 0.589. The van der Waals surface area contributed by atoms with Gasteiger partial charge in [-0.2, -0.15) is 0 Å². The molecule has 0 aromatic heterocycles. The molecule has 122 valence electrons. The number of aryl methyl sites for hydroxylation is 1. The SMILES string of the molecule is Cc1ccccc1COc1cccc(CNNc2ccccc2)c1. The highest BCUT2D eigenvalue weighted by Gasteiger charge is 2.00. The Labute approximate surface area is 143 Å². The van der Waals surface area contributed by atoms with Gasteiger partial charge in [-0.1, -0.05) is 54.6 Å². The van der Waals surface area contributed by atoms with Crippen molar-refractivity contribution in [3.63, 3.8) is 0 Å². The second-order valence-electron chi connectivity index (χ2n) is 5.71.